The zero-order chi connectivity index (χ0) is 13.9. The van der Waals surface area contributed by atoms with E-state index in [-0.39, 0.29) is 6.04 Å². The highest BCUT2D eigenvalue weighted by Gasteiger charge is 2.09. The van der Waals surface area contributed by atoms with Crippen LogP contribution in [0.1, 0.15) is 12.7 Å². The maximum Gasteiger partial charge on any atom is 0.105 e. The zero-order valence-electron chi connectivity index (χ0n) is 11.3. The number of anilines is 2. The normalized spacial score (nSPS) is 12.4. The summed E-state index contributed by atoms with van der Waals surface area (Å²) < 4.78 is 5.38. The standard InChI is InChI=1S/C16H17N3O/c1-11(9-12-3-2-8-20-12)19-16-5-4-15(17)13-6-7-18-10-14(13)16/h2-8,10-11,19H,9,17H2,1H3. The number of nitrogens with two attached hydrogens (primary N) is 1. The van der Waals surface area contributed by atoms with Gasteiger partial charge in [-0.1, -0.05) is 0 Å². The minimum atomic E-state index is 0.258. The predicted molar refractivity (Wildman–Crippen MR) is 81.7 cm³/mol. The van der Waals surface area contributed by atoms with Crippen molar-refractivity contribution >= 4 is 22.1 Å². The minimum Gasteiger partial charge on any atom is -0.469 e. The summed E-state index contributed by atoms with van der Waals surface area (Å²) in [5.41, 5.74) is 7.81. The molecule has 3 rings (SSSR count). The molecule has 0 aliphatic rings. The van der Waals surface area contributed by atoms with Gasteiger partial charge in [0.05, 0.1) is 6.26 Å². The summed E-state index contributed by atoms with van der Waals surface area (Å²) in [6, 6.07) is 10.0. The molecule has 0 spiro atoms. The van der Waals surface area contributed by atoms with Crippen LogP contribution in [-0.4, -0.2) is 11.0 Å². The Morgan fingerprint density at radius 3 is 2.95 bits per heavy atom. The highest BCUT2D eigenvalue weighted by molar-refractivity contribution is 6.00. The van der Waals surface area contributed by atoms with Crippen LogP contribution in [0.4, 0.5) is 11.4 Å². The molecule has 0 radical (unpaired) electrons. The van der Waals surface area contributed by atoms with Gasteiger partial charge >= 0.3 is 0 Å². The molecule has 102 valence electrons. The fourth-order valence-corrected chi connectivity index (χ4v) is 2.39. The molecule has 3 aromatic rings. The molecule has 0 bridgehead atoms. The molecule has 4 heteroatoms. The van der Waals surface area contributed by atoms with Crippen LogP contribution >= 0.6 is 0 Å². The molecular formula is C16H17N3O. The highest BCUT2D eigenvalue weighted by atomic mass is 16.3. The number of fused-ring (bicyclic) bond motifs is 1. The number of pyridine rings is 1. The Morgan fingerprint density at radius 2 is 2.15 bits per heavy atom. The van der Waals surface area contributed by atoms with Gasteiger partial charge in [0.1, 0.15) is 5.76 Å². The second-order valence-corrected chi connectivity index (χ2v) is 4.95. The molecule has 0 amide bonds. The topological polar surface area (TPSA) is 64.1 Å². The van der Waals surface area contributed by atoms with Crippen molar-refractivity contribution in [1.29, 1.82) is 0 Å². The summed E-state index contributed by atoms with van der Waals surface area (Å²) >= 11 is 0. The summed E-state index contributed by atoms with van der Waals surface area (Å²) in [7, 11) is 0. The van der Waals surface area contributed by atoms with Gasteiger partial charge in [-0.25, -0.2) is 0 Å². The number of nitrogens with one attached hydrogen (secondary N) is 1. The van der Waals surface area contributed by atoms with Crippen LogP contribution < -0.4 is 11.1 Å². The van der Waals surface area contributed by atoms with Crippen LogP contribution in [0.5, 0.6) is 0 Å². The van der Waals surface area contributed by atoms with E-state index in [0.717, 1.165) is 34.3 Å². The van der Waals surface area contributed by atoms with Gasteiger partial charge in [-0.2, -0.15) is 0 Å². The van der Waals surface area contributed by atoms with Gasteiger partial charge in [0.15, 0.2) is 0 Å². The molecule has 0 aliphatic heterocycles. The molecule has 20 heavy (non-hydrogen) atoms. The van der Waals surface area contributed by atoms with E-state index in [9.17, 15) is 0 Å². The van der Waals surface area contributed by atoms with E-state index in [2.05, 4.69) is 17.2 Å². The number of aromatic nitrogens is 1. The zero-order valence-corrected chi connectivity index (χ0v) is 11.3. The molecule has 4 nitrogen and oxygen atoms in total. The molecule has 0 saturated heterocycles. The molecule has 1 aromatic carbocycles. The van der Waals surface area contributed by atoms with Crippen molar-refractivity contribution in [2.45, 2.75) is 19.4 Å². The number of hydrogen-bond acceptors (Lipinski definition) is 4. The van der Waals surface area contributed by atoms with Crippen LogP contribution in [0.2, 0.25) is 0 Å². The molecule has 2 heterocycles. The quantitative estimate of drug-likeness (QED) is 0.711. The van der Waals surface area contributed by atoms with Gasteiger partial charge in [-0.05, 0) is 37.3 Å². The Morgan fingerprint density at radius 1 is 1.25 bits per heavy atom. The molecule has 1 unspecified atom stereocenters. The number of benzene rings is 1. The average molecular weight is 267 g/mol. The first-order chi connectivity index (χ1) is 9.74. The molecule has 2 aromatic heterocycles. The molecule has 1 atom stereocenters. The maximum absolute atomic E-state index is 6.00. The van der Waals surface area contributed by atoms with E-state index in [4.69, 9.17) is 10.2 Å². The number of furan rings is 1. The van der Waals surface area contributed by atoms with Crippen LogP contribution in [0.25, 0.3) is 10.8 Å². The van der Waals surface area contributed by atoms with Crippen LogP contribution in [-0.2, 0) is 6.42 Å². The number of nitrogen functional groups attached to an aromatic ring is 1. The van der Waals surface area contributed by atoms with Gasteiger partial charge in [-0.3, -0.25) is 4.98 Å². The van der Waals surface area contributed by atoms with Gasteiger partial charge in [0.25, 0.3) is 0 Å². The number of hydrogen-bond donors (Lipinski definition) is 2. The van der Waals surface area contributed by atoms with E-state index < -0.39 is 0 Å². The van der Waals surface area contributed by atoms with Crippen LogP contribution in [0.15, 0.2) is 53.4 Å². The third kappa shape index (κ3) is 2.45. The minimum absolute atomic E-state index is 0.258. The average Bonchev–Trinajstić information content (AvgIpc) is 2.95. The first-order valence-electron chi connectivity index (χ1n) is 6.65. The Kier molecular flexibility index (Phi) is 3.29. The Balaban J connectivity index is 1.85. The van der Waals surface area contributed by atoms with Crippen molar-refractivity contribution in [1.82, 2.24) is 4.98 Å². The summed E-state index contributed by atoms with van der Waals surface area (Å²) in [5.74, 6) is 0.975. The SMILES string of the molecule is CC(Cc1ccco1)Nc1ccc(N)c2ccncc12. The maximum atomic E-state index is 6.00. The number of nitrogens with zero attached hydrogens (tertiary/aromatic N) is 1. The van der Waals surface area contributed by atoms with Crippen LogP contribution in [0, 0.1) is 0 Å². The third-order valence-electron chi connectivity index (χ3n) is 3.34. The van der Waals surface area contributed by atoms with E-state index in [1.54, 1.807) is 12.5 Å². The van der Waals surface area contributed by atoms with Crippen molar-refractivity contribution in [3.63, 3.8) is 0 Å². The van der Waals surface area contributed by atoms with Gasteiger partial charge in [-0.15, -0.1) is 0 Å². The van der Waals surface area contributed by atoms with Crippen LogP contribution in [0.3, 0.4) is 0 Å². The Labute approximate surface area is 117 Å². The van der Waals surface area contributed by atoms with Gasteiger partial charge in [0, 0.05) is 47.0 Å². The Bertz CT molecular complexity index is 707. The second kappa shape index (κ2) is 5.25. The lowest BCUT2D eigenvalue weighted by molar-refractivity contribution is 0.498. The molecule has 0 aliphatic carbocycles. The molecule has 3 N–H and O–H groups in total. The second-order valence-electron chi connectivity index (χ2n) is 4.95. The highest BCUT2D eigenvalue weighted by Crippen LogP contribution is 2.28. The van der Waals surface area contributed by atoms with E-state index in [1.165, 1.54) is 0 Å². The van der Waals surface area contributed by atoms with Crippen molar-refractivity contribution < 1.29 is 4.42 Å². The summed E-state index contributed by atoms with van der Waals surface area (Å²) in [6.45, 7) is 2.13. The fourth-order valence-electron chi connectivity index (χ4n) is 2.39. The Hall–Kier alpha value is -2.49. The fraction of sp³-hybridized carbons (Fsp3) is 0.188. The summed E-state index contributed by atoms with van der Waals surface area (Å²) in [5, 5.41) is 5.56. The van der Waals surface area contributed by atoms with Crippen molar-refractivity contribution in [3.8, 4) is 0 Å². The summed E-state index contributed by atoms with van der Waals surface area (Å²) in [6.07, 6.45) is 6.13. The monoisotopic (exact) mass is 267 g/mol. The molecule has 0 fully saturated rings. The summed E-state index contributed by atoms with van der Waals surface area (Å²) in [4.78, 5) is 4.18. The van der Waals surface area contributed by atoms with E-state index >= 15 is 0 Å². The lowest BCUT2D eigenvalue weighted by Crippen LogP contribution is -2.18. The molecule has 0 saturated carbocycles. The first-order valence-corrected chi connectivity index (χ1v) is 6.65. The van der Waals surface area contributed by atoms with E-state index in [0.29, 0.717) is 0 Å². The third-order valence-corrected chi connectivity index (χ3v) is 3.34. The van der Waals surface area contributed by atoms with Gasteiger partial charge in [0.2, 0.25) is 0 Å². The lowest BCUT2D eigenvalue weighted by atomic mass is 10.1. The lowest BCUT2D eigenvalue weighted by Gasteiger charge is -2.16. The van der Waals surface area contributed by atoms with Crippen molar-refractivity contribution in [2.75, 3.05) is 11.1 Å². The van der Waals surface area contributed by atoms with Crippen molar-refractivity contribution in [3.05, 3.63) is 54.7 Å². The number of rotatable bonds is 4. The predicted octanol–water partition coefficient (Wildman–Crippen LogP) is 3.45. The first kappa shape index (κ1) is 12.5. The molecular weight excluding hydrogens is 250 g/mol. The smallest absolute Gasteiger partial charge is 0.105 e. The van der Waals surface area contributed by atoms with Crippen molar-refractivity contribution in [2.24, 2.45) is 0 Å². The largest absolute Gasteiger partial charge is 0.469 e. The van der Waals surface area contributed by atoms with E-state index in [1.807, 2.05) is 36.5 Å². The van der Waals surface area contributed by atoms with Gasteiger partial charge < -0.3 is 15.5 Å².